The van der Waals surface area contributed by atoms with Crippen molar-refractivity contribution in [2.24, 2.45) is 5.73 Å². The van der Waals surface area contributed by atoms with Crippen LogP contribution in [0.5, 0.6) is 5.75 Å². The van der Waals surface area contributed by atoms with Gasteiger partial charge in [0.25, 0.3) is 0 Å². The van der Waals surface area contributed by atoms with E-state index in [0.29, 0.717) is 35.8 Å². The Morgan fingerprint density at radius 1 is 0.837 bits per heavy atom. The van der Waals surface area contributed by atoms with E-state index in [2.05, 4.69) is 33.6 Å². The Morgan fingerprint density at radius 3 is 2.10 bits per heavy atom. The number of carboxylic acid groups (broad SMARTS) is 1. The van der Waals surface area contributed by atoms with Gasteiger partial charge in [-0.2, -0.15) is 0 Å². The number of aromatic carboxylic acids is 1. The Labute approximate surface area is 290 Å². The van der Waals surface area contributed by atoms with Gasteiger partial charge in [-0.3, -0.25) is 0 Å². The third-order valence-electron chi connectivity index (χ3n) is 8.53. The summed E-state index contributed by atoms with van der Waals surface area (Å²) in [7, 11) is -3.85. The molecule has 1 heterocycles. The normalized spacial score (nSPS) is 11.7. The van der Waals surface area contributed by atoms with Crippen molar-refractivity contribution in [3.63, 3.8) is 0 Å². The minimum atomic E-state index is -3.85. The molecule has 0 saturated carbocycles. The average Bonchev–Trinajstić information content (AvgIpc) is 3.40. The van der Waals surface area contributed by atoms with Crippen molar-refractivity contribution >= 4 is 38.5 Å². The van der Waals surface area contributed by atoms with Crippen LogP contribution < -0.4 is 15.2 Å². The van der Waals surface area contributed by atoms with Crippen LogP contribution in [-0.4, -0.2) is 37.2 Å². The number of carboxylic acids is 1. The molecule has 5 aromatic carbocycles. The number of nitrogens with two attached hydrogens (primary N) is 1. The highest BCUT2D eigenvalue weighted by molar-refractivity contribution is 7.89. The summed E-state index contributed by atoms with van der Waals surface area (Å²) in [5.74, 6) is -0.458. The molecule has 0 saturated heterocycles. The second-order valence-corrected chi connectivity index (χ2v) is 13.7. The zero-order valence-electron chi connectivity index (χ0n) is 26.6. The van der Waals surface area contributed by atoms with Gasteiger partial charge in [-0.15, -0.1) is 0 Å². The standard InChI is InChI=1S/C39H36ClN3O5S/c40-31-17-20-35-34(25-31)33(22-24-48-32-18-15-29(16-19-32)39(44)45)36(21-23-42-49(46,47)37-14-8-7-13-30(37)26-41)43(35)38(27-9-3-1-4-10-27)28-11-5-2-6-12-28/h1-20,25,38,42H,21-24,26,41H2,(H,44,45). The number of hydrogen-bond acceptors (Lipinski definition) is 5. The Bertz CT molecular complexity index is 2130. The SMILES string of the molecule is NCc1ccccc1S(=O)(=O)NCCc1c(CCOc2ccc(C(=O)O)cc2)c2cc(Cl)ccc2n1C(c1ccccc1)c1ccccc1. The maximum Gasteiger partial charge on any atom is 0.335 e. The van der Waals surface area contributed by atoms with Gasteiger partial charge in [-0.1, -0.05) is 90.5 Å². The minimum Gasteiger partial charge on any atom is -0.493 e. The van der Waals surface area contributed by atoms with E-state index < -0.39 is 16.0 Å². The van der Waals surface area contributed by atoms with E-state index in [4.69, 9.17) is 22.1 Å². The van der Waals surface area contributed by atoms with Gasteiger partial charge in [-0.05, 0) is 70.8 Å². The second-order valence-electron chi connectivity index (χ2n) is 11.6. The van der Waals surface area contributed by atoms with Crippen LogP contribution >= 0.6 is 11.6 Å². The predicted molar refractivity (Wildman–Crippen MR) is 193 cm³/mol. The van der Waals surface area contributed by atoms with Crippen molar-refractivity contribution < 1.29 is 23.1 Å². The Kier molecular flexibility index (Phi) is 10.5. The van der Waals surface area contributed by atoms with Gasteiger partial charge in [0.05, 0.1) is 23.1 Å². The summed E-state index contributed by atoms with van der Waals surface area (Å²) in [6.45, 7) is 0.527. The minimum absolute atomic E-state index is 0.102. The molecule has 0 amide bonds. The third-order valence-corrected chi connectivity index (χ3v) is 10.3. The lowest BCUT2D eigenvalue weighted by Crippen LogP contribution is -2.28. The molecule has 4 N–H and O–H groups in total. The number of halogens is 1. The molecule has 0 atom stereocenters. The fourth-order valence-corrected chi connectivity index (χ4v) is 7.75. The molecule has 0 fully saturated rings. The van der Waals surface area contributed by atoms with Crippen molar-refractivity contribution in [3.05, 3.63) is 166 Å². The first-order chi connectivity index (χ1) is 23.8. The number of fused-ring (bicyclic) bond motifs is 1. The van der Waals surface area contributed by atoms with Gasteiger partial charge in [0.2, 0.25) is 10.0 Å². The zero-order chi connectivity index (χ0) is 34.4. The average molecular weight is 694 g/mol. The van der Waals surface area contributed by atoms with Crippen LogP contribution in [0.2, 0.25) is 5.02 Å². The summed E-state index contributed by atoms with van der Waals surface area (Å²) < 4.78 is 38.2. The molecule has 0 aliphatic heterocycles. The van der Waals surface area contributed by atoms with Gasteiger partial charge < -0.3 is 20.1 Å². The van der Waals surface area contributed by atoms with Gasteiger partial charge >= 0.3 is 5.97 Å². The van der Waals surface area contributed by atoms with E-state index in [1.54, 1.807) is 36.4 Å². The first-order valence-electron chi connectivity index (χ1n) is 15.9. The summed E-state index contributed by atoms with van der Waals surface area (Å²) >= 11 is 6.61. The maximum atomic E-state index is 13.5. The van der Waals surface area contributed by atoms with E-state index in [1.165, 1.54) is 12.1 Å². The molecule has 1 aromatic heterocycles. The Hall–Kier alpha value is -4.93. The van der Waals surface area contributed by atoms with Crippen LogP contribution in [0.4, 0.5) is 0 Å². The zero-order valence-corrected chi connectivity index (χ0v) is 28.2. The number of benzene rings is 5. The highest BCUT2D eigenvalue weighted by Crippen LogP contribution is 2.38. The van der Waals surface area contributed by atoms with Crippen molar-refractivity contribution in [3.8, 4) is 5.75 Å². The molecule has 6 rings (SSSR count). The van der Waals surface area contributed by atoms with Crippen LogP contribution in [-0.2, 0) is 29.4 Å². The molecule has 10 heteroatoms. The van der Waals surface area contributed by atoms with Crippen LogP contribution in [0.1, 0.15) is 44.3 Å². The molecule has 0 bridgehead atoms. The Balaban J connectivity index is 1.43. The van der Waals surface area contributed by atoms with Crippen molar-refractivity contribution in [2.75, 3.05) is 13.2 Å². The number of hydrogen-bond donors (Lipinski definition) is 3. The summed E-state index contributed by atoms with van der Waals surface area (Å²) in [5.41, 5.74) is 11.6. The van der Waals surface area contributed by atoms with Crippen molar-refractivity contribution in [2.45, 2.75) is 30.3 Å². The number of carbonyl (C=O) groups is 1. The van der Waals surface area contributed by atoms with Gasteiger partial charge in [0, 0.05) is 47.6 Å². The summed E-state index contributed by atoms with van der Waals surface area (Å²) in [6.07, 6.45) is 0.855. The lowest BCUT2D eigenvalue weighted by Gasteiger charge is -2.25. The number of rotatable bonds is 14. The molecule has 0 unspecified atom stereocenters. The number of aromatic nitrogens is 1. The van der Waals surface area contributed by atoms with E-state index in [1.807, 2.05) is 54.6 Å². The van der Waals surface area contributed by atoms with E-state index in [0.717, 1.165) is 33.3 Å². The first-order valence-corrected chi connectivity index (χ1v) is 17.8. The lowest BCUT2D eigenvalue weighted by atomic mass is 9.97. The summed E-state index contributed by atoms with van der Waals surface area (Å²) in [4.78, 5) is 11.5. The second kappa shape index (κ2) is 15.1. The van der Waals surface area contributed by atoms with E-state index >= 15 is 0 Å². The Morgan fingerprint density at radius 2 is 1.47 bits per heavy atom. The molecule has 8 nitrogen and oxygen atoms in total. The van der Waals surface area contributed by atoms with E-state index in [-0.39, 0.29) is 29.6 Å². The lowest BCUT2D eigenvalue weighted by molar-refractivity contribution is 0.0697. The maximum absolute atomic E-state index is 13.5. The predicted octanol–water partition coefficient (Wildman–Crippen LogP) is 7.23. The topological polar surface area (TPSA) is 124 Å². The van der Waals surface area contributed by atoms with Crippen LogP contribution in [0, 0.1) is 0 Å². The number of nitrogens with one attached hydrogen (secondary N) is 1. The molecule has 0 aliphatic carbocycles. The van der Waals surface area contributed by atoms with Gasteiger partial charge in [0.1, 0.15) is 5.75 Å². The highest BCUT2D eigenvalue weighted by atomic mass is 35.5. The highest BCUT2D eigenvalue weighted by Gasteiger charge is 2.26. The number of nitrogens with zero attached hydrogens (tertiary/aromatic N) is 1. The van der Waals surface area contributed by atoms with Gasteiger partial charge in [-0.25, -0.2) is 17.9 Å². The molecule has 0 aliphatic rings. The molecular weight excluding hydrogens is 658 g/mol. The molecule has 0 radical (unpaired) electrons. The molecule has 250 valence electrons. The smallest absolute Gasteiger partial charge is 0.335 e. The monoisotopic (exact) mass is 693 g/mol. The van der Waals surface area contributed by atoms with Crippen LogP contribution in [0.25, 0.3) is 10.9 Å². The largest absolute Gasteiger partial charge is 0.493 e. The fourth-order valence-electron chi connectivity index (χ4n) is 6.29. The van der Waals surface area contributed by atoms with Crippen LogP contribution in [0.3, 0.4) is 0 Å². The summed E-state index contributed by atoms with van der Waals surface area (Å²) in [6, 6.07) is 39.0. The van der Waals surface area contributed by atoms with E-state index in [9.17, 15) is 18.3 Å². The molecule has 49 heavy (non-hydrogen) atoms. The van der Waals surface area contributed by atoms with Crippen LogP contribution in [0.15, 0.2) is 132 Å². The van der Waals surface area contributed by atoms with Crippen molar-refractivity contribution in [1.82, 2.24) is 9.29 Å². The molecule has 0 spiro atoms. The number of sulfonamides is 1. The third kappa shape index (κ3) is 7.55. The molecular formula is C39H36ClN3O5S. The number of ether oxygens (including phenoxy) is 1. The quantitative estimate of drug-likeness (QED) is 0.111. The fraction of sp³-hybridized carbons (Fsp3) is 0.154. The van der Waals surface area contributed by atoms with Crippen molar-refractivity contribution in [1.29, 1.82) is 0 Å². The van der Waals surface area contributed by atoms with Gasteiger partial charge in [0.15, 0.2) is 0 Å². The first kappa shape index (κ1) is 34.0. The molecule has 6 aromatic rings. The summed E-state index contributed by atoms with van der Waals surface area (Å²) in [5, 5.41) is 10.8.